The van der Waals surface area contributed by atoms with Crippen LogP contribution in [-0.2, 0) is 16.9 Å². The fourth-order valence-corrected chi connectivity index (χ4v) is 4.86. The van der Waals surface area contributed by atoms with Crippen LogP contribution in [0.4, 0.5) is 18.9 Å². The molecule has 0 unspecified atom stereocenters. The van der Waals surface area contributed by atoms with Gasteiger partial charge in [-0.05, 0) is 48.5 Å². The Hall–Kier alpha value is -4.40. The summed E-state index contributed by atoms with van der Waals surface area (Å²) >= 11 is 3.35. The minimum atomic E-state index is -1.07. The van der Waals surface area contributed by atoms with Gasteiger partial charge in [-0.3, -0.25) is 9.36 Å². The number of rotatable bonds is 8. The molecule has 5 rings (SSSR count). The minimum Gasteiger partial charge on any atom is -0.494 e. The van der Waals surface area contributed by atoms with E-state index in [0.29, 0.717) is 15.9 Å². The molecule has 0 saturated carbocycles. The molecule has 2 N–H and O–H groups in total. The van der Waals surface area contributed by atoms with Crippen molar-refractivity contribution < 1.29 is 28.2 Å². The van der Waals surface area contributed by atoms with Gasteiger partial charge in [0.2, 0.25) is 0 Å². The summed E-state index contributed by atoms with van der Waals surface area (Å²) < 4.78 is 52.6. The number of anilines is 1. The maximum absolute atomic E-state index is 15.3. The lowest BCUT2D eigenvalue weighted by Crippen LogP contribution is -2.40. The first-order valence-corrected chi connectivity index (χ1v) is 12.7. The molecular weight excluding hydrogens is 599 g/mol. The summed E-state index contributed by atoms with van der Waals surface area (Å²) in [5.74, 6) is -3.03. The van der Waals surface area contributed by atoms with Gasteiger partial charge in [0.25, 0.3) is 5.56 Å². The van der Waals surface area contributed by atoms with Crippen molar-refractivity contribution in [2.75, 3.05) is 12.6 Å². The Labute approximate surface area is 231 Å². The molecule has 10 nitrogen and oxygen atoms in total. The molecule has 0 amide bonds. The standard InChI is InChI=1S/C26H19BrF3N5O5/c1-39-21-7-3-6-19(23(21)30)34-25(36)22-20(12-27)35(15-10-8-14(9-11-15)32-40-38)31-24(22)33(26(34)37)13-16-17(28)4-2-5-18(16)29/h2-11,32,38H,12-13H2,1H3. The first-order valence-electron chi connectivity index (χ1n) is 11.6. The monoisotopic (exact) mass is 617 g/mol. The van der Waals surface area contributed by atoms with Gasteiger partial charge in [0.05, 0.1) is 36.4 Å². The van der Waals surface area contributed by atoms with Gasteiger partial charge in [0.15, 0.2) is 17.2 Å². The molecule has 0 bridgehead atoms. The third-order valence-corrected chi connectivity index (χ3v) is 6.77. The number of ether oxygens (including phenoxy) is 1. The van der Waals surface area contributed by atoms with Crippen LogP contribution in [0.5, 0.6) is 5.75 Å². The molecule has 206 valence electrons. The van der Waals surface area contributed by atoms with Gasteiger partial charge in [0.1, 0.15) is 17.0 Å². The zero-order valence-corrected chi connectivity index (χ0v) is 22.2. The van der Waals surface area contributed by atoms with Gasteiger partial charge in [-0.1, -0.05) is 28.1 Å². The quantitative estimate of drug-likeness (QED) is 0.149. The number of methoxy groups -OCH3 is 1. The fourth-order valence-electron chi connectivity index (χ4n) is 4.34. The van der Waals surface area contributed by atoms with E-state index < -0.39 is 46.5 Å². The van der Waals surface area contributed by atoms with E-state index in [0.717, 1.165) is 16.7 Å². The van der Waals surface area contributed by atoms with Crippen LogP contribution >= 0.6 is 15.9 Å². The SMILES string of the molecule is COc1cccc(-n2c(=O)c3c(CBr)n(-c4ccc(NOO)cc4)nc3n(Cc3c(F)cccc3F)c2=O)c1F. The van der Waals surface area contributed by atoms with Crippen LogP contribution in [0.1, 0.15) is 11.3 Å². The van der Waals surface area contributed by atoms with Crippen LogP contribution < -0.4 is 21.5 Å². The molecule has 5 aromatic rings. The van der Waals surface area contributed by atoms with Crippen molar-refractivity contribution in [1.29, 1.82) is 0 Å². The number of hydrogen-bond acceptors (Lipinski definition) is 7. The van der Waals surface area contributed by atoms with Crippen LogP contribution in [0.3, 0.4) is 0 Å². The van der Waals surface area contributed by atoms with Crippen molar-refractivity contribution in [3.05, 3.63) is 110 Å². The Morgan fingerprint density at radius 2 is 1.68 bits per heavy atom. The fraction of sp³-hybridized carbons (Fsp3) is 0.115. The molecule has 0 aliphatic carbocycles. The molecule has 0 aliphatic heterocycles. The summed E-state index contributed by atoms with van der Waals surface area (Å²) in [5, 5.41) is 13.1. The molecule has 40 heavy (non-hydrogen) atoms. The average molecular weight is 618 g/mol. The van der Waals surface area contributed by atoms with Gasteiger partial charge in [-0.15, -0.1) is 10.1 Å². The summed E-state index contributed by atoms with van der Waals surface area (Å²) in [7, 11) is 1.23. The van der Waals surface area contributed by atoms with E-state index in [4.69, 9.17) is 9.99 Å². The lowest BCUT2D eigenvalue weighted by molar-refractivity contribution is -0.215. The van der Waals surface area contributed by atoms with E-state index in [1.54, 1.807) is 24.3 Å². The normalized spacial score (nSPS) is 11.2. The molecular formula is C26H19BrF3N5O5. The summed E-state index contributed by atoms with van der Waals surface area (Å²) in [6.45, 7) is -0.644. The van der Waals surface area contributed by atoms with E-state index in [1.807, 2.05) is 0 Å². The molecule has 0 aliphatic rings. The van der Waals surface area contributed by atoms with Crippen LogP contribution in [-0.4, -0.2) is 31.3 Å². The Balaban J connectivity index is 1.87. The van der Waals surface area contributed by atoms with Crippen molar-refractivity contribution in [2.45, 2.75) is 11.9 Å². The topological polar surface area (TPSA) is 113 Å². The number of alkyl halides is 1. The van der Waals surface area contributed by atoms with E-state index in [1.165, 1.54) is 36.1 Å². The number of nitrogens with one attached hydrogen (secondary N) is 1. The lowest BCUT2D eigenvalue weighted by atomic mass is 10.2. The maximum atomic E-state index is 15.3. The van der Waals surface area contributed by atoms with E-state index in [9.17, 15) is 18.4 Å². The Morgan fingerprint density at radius 1 is 1.00 bits per heavy atom. The summed E-state index contributed by atoms with van der Waals surface area (Å²) in [5.41, 5.74) is 0.350. The van der Waals surface area contributed by atoms with Crippen molar-refractivity contribution in [1.82, 2.24) is 18.9 Å². The Morgan fingerprint density at radius 3 is 2.30 bits per heavy atom. The van der Waals surface area contributed by atoms with Crippen molar-refractivity contribution >= 4 is 32.7 Å². The molecule has 14 heteroatoms. The molecule has 0 spiro atoms. The first kappa shape index (κ1) is 27.2. The zero-order chi connectivity index (χ0) is 28.6. The molecule has 3 aromatic carbocycles. The van der Waals surface area contributed by atoms with Crippen LogP contribution in [0.15, 0.2) is 70.3 Å². The maximum Gasteiger partial charge on any atom is 0.337 e. The number of benzene rings is 3. The number of fused-ring (bicyclic) bond motifs is 1. The number of hydrogen-bond donors (Lipinski definition) is 2. The number of aromatic nitrogens is 4. The largest absolute Gasteiger partial charge is 0.494 e. The summed E-state index contributed by atoms with van der Waals surface area (Å²) in [6, 6.07) is 13.4. The van der Waals surface area contributed by atoms with E-state index in [2.05, 4.69) is 31.5 Å². The van der Waals surface area contributed by atoms with E-state index >= 15 is 4.39 Å². The predicted molar refractivity (Wildman–Crippen MR) is 143 cm³/mol. The van der Waals surface area contributed by atoms with Gasteiger partial charge in [-0.2, -0.15) is 0 Å². The first-order chi connectivity index (χ1) is 19.3. The van der Waals surface area contributed by atoms with Crippen molar-refractivity contribution in [2.24, 2.45) is 0 Å². The van der Waals surface area contributed by atoms with Crippen molar-refractivity contribution in [3.63, 3.8) is 0 Å². The lowest BCUT2D eigenvalue weighted by Gasteiger charge is -2.14. The highest BCUT2D eigenvalue weighted by Gasteiger charge is 2.26. The molecule has 2 heterocycles. The van der Waals surface area contributed by atoms with Gasteiger partial charge < -0.3 is 4.74 Å². The summed E-state index contributed by atoms with van der Waals surface area (Å²) in [6.07, 6.45) is 0. The third-order valence-electron chi connectivity index (χ3n) is 6.24. The second kappa shape index (κ2) is 11.0. The molecule has 0 atom stereocenters. The smallest absolute Gasteiger partial charge is 0.337 e. The summed E-state index contributed by atoms with van der Waals surface area (Å²) in [4.78, 5) is 31.6. The van der Waals surface area contributed by atoms with Crippen LogP contribution in [0.2, 0.25) is 0 Å². The highest BCUT2D eigenvalue weighted by Crippen LogP contribution is 2.26. The molecule has 0 saturated heterocycles. The molecule has 0 radical (unpaired) electrons. The number of halogens is 4. The third kappa shape index (κ3) is 4.55. The van der Waals surface area contributed by atoms with Gasteiger partial charge in [0, 0.05) is 10.9 Å². The predicted octanol–water partition coefficient (Wildman–Crippen LogP) is 4.52. The Kier molecular flexibility index (Phi) is 7.47. The highest BCUT2D eigenvalue weighted by molar-refractivity contribution is 9.08. The minimum absolute atomic E-state index is 0.0609. The van der Waals surface area contributed by atoms with Crippen LogP contribution in [0, 0.1) is 17.5 Å². The average Bonchev–Trinajstić information content (AvgIpc) is 3.34. The second-order valence-electron chi connectivity index (χ2n) is 8.43. The van der Waals surface area contributed by atoms with Gasteiger partial charge in [-0.25, -0.2) is 38.0 Å². The molecule has 0 fully saturated rings. The second-order valence-corrected chi connectivity index (χ2v) is 8.99. The van der Waals surface area contributed by atoms with Crippen LogP contribution in [0.25, 0.3) is 22.4 Å². The zero-order valence-electron chi connectivity index (χ0n) is 20.6. The van der Waals surface area contributed by atoms with Crippen molar-refractivity contribution in [3.8, 4) is 17.1 Å². The molecule has 2 aromatic heterocycles. The highest BCUT2D eigenvalue weighted by atomic mass is 79.9. The Bertz CT molecular complexity index is 1830. The van der Waals surface area contributed by atoms with E-state index in [-0.39, 0.29) is 27.8 Å². The number of nitrogens with zero attached hydrogens (tertiary/aromatic N) is 4. The van der Waals surface area contributed by atoms with Gasteiger partial charge >= 0.3 is 5.69 Å².